The van der Waals surface area contributed by atoms with E-state index in [1.54, 1.807) is 0 Å². The fraction of sp³-hybridized carbons (Fsp3) is 0.882. The zero-order valence-electron chi connectivity index (χ0n) is 15.1. The van der Waals surface area contributed by atoms with Gasteiger partial charge < -0.3 is 14.0 Å². The van der Waals surface area contributed by atoms with E-state index in [9.17, 15) is 0 Å². The maximum Gasteiger partial charge on any atom is 0.165 e. The molecule has 4 heteroatoms. The molecular formula is C17H35NO2Si. The van der Waals surface area contributed by atoms with Crippen LogP contribution in [0.4, 0.5) is 0 Å². The summed E-state index contributed by atoms with van der Waals surface area (Å²) in [6.45, 7) is 17.6. The fourth-order valence-corrected chi connectivity index (χ4v) is 7.20. The Kier molecular flexibility index (Phi) is 7.11. The first kappa shape index (κ1) is 18.9. The molecule has 124 valence electrons. The van der Waals surface area contributed by atoms with Crippen LogP contribution in [-0.2, 0) is 9.47 Å². The van der Waals surface area contributed by atoms with Crippen LogP contribution in [0.2, 0.25) is 13.1 Å². The predicted molar refractivity (Wildman–Crippen MR) is 92.9 cm³/mol. The summed E-state index contributed by atoms with van der Waals surface area (Å²) in [5, 5.41) is 0. The van der Waals surface area contributed by atoms with Crippen LogP contribution in [-0.4, -0.2) is 43.9 Å². The smallest absolute Gasteiger partial charge is 0.165 e. The molecule has 0 bridgehead atoms. The molecule has 1 heterocycles. The van der Waals surface area contributed by atoms with E-state index in [-0.39, 0.29) is 5.79 Å². The number of allylic oxidation sites excluding steroid dienone is 1. The van der Waals surface area contributed by atoms with Gasteiger partial charge in [0.25, 0.3) is 0 Å². The van der Waals surface area contributed by atoms with Crippen molar-refractivity contribution in [1.29, 1.82) is 0 Å². The Hall–Kier alpha value is -0.163. The molecule has 0 saturated carbocycles. The second kappa shape index (κ2) is 7.91. The Labute approximate surface area is 132 Å². The van der Waals surface area contributed by atoms with Crippen LogP contribution in [0.25, 0.3) is 0 Å². The van der Waals surface area contributed by atoms with Gasteiger partial charge in [0.05, 0.1) is 13.2 Å². The van der Waals surface area contributed by atoms with Crippen LogP contribution in [0.1, 0.15) is 53.9 Å². The molecule has 0 atom stereocenters. The summed E-state index contributed by atoms with van der Waals surface area (Å²) < 4.78 is 14.0. The lowest BCUT2D eigenvalue weighted by Gasteiger charge is -2.41. The summed E-state index contributed by atoms with van der Waals surface area (Å²) in [7, 11) is -1.47. The average molecular weight is 314 g/mol. The third-order valence-corrected chi connectivity index (χ3v) is 7.62. The summed E-state index contributed by atoms with van der Waals surface area (Å²) in [5.41, 5.74) is 2.49. The number of ether oxygens (including phenoxy) is 2. The molecule has 3 nitrogen and oxygen atoms in total. The summed E-state index contributed by atoms with van der Waals surface area (Å²) in [6, 6.07) is 1.21. The highest BCUT2D eigenvalue weighted by molar-refractivity contribution is 6.79. The van der Waals surface area contributed by atoms with Crippen molar-refractivity contribution in [3.63, 3.8) is 0 Å². The molecule has 0 aliphatic carbocycles. The Balaban J connectivity index is 2.43. The molecule has 0 N–H and O–H groups in total. The highest BCUT2D eigenvalue weighted by Gasteiger charge is 2.31. The van der Waals surface area contributed by atoms with Gasteiger partial charge in [-0.2, -0.15) is 0 Å². The first-order valence-corrected chi connectivity index (χ1v) is 11.4. The molecule has 0 aromatic heterocycles. The minimum Gasteiger partial charge on any atom is -0.348 e. The maximum absolute atomic E-state index is 5.64. The summed E-state index contributed by atoms with van der Waals surface area (Å²) in [5.74, 6) is -0.331. The highest BCUT2D eigenvalue weighted by Crippen LogP contribution is 2.25. The molecule has 1 rings (SSSR count). The van der Waals surface area contributed by atoms with Gasteiger partial charge in [0.15, 0.2) is 5.79 Å². The molecule has 0 radical (unpaired) electrons. The summed E-state index contributed by atoms with van der Waals surface area (Å²) in [6.07, 6.45) is 5.60. The van der Waals surface area contributed by atoms with E-state index >= 15 is 0 Å². The lowest BCUT2D eigenvalue weighted by atomic mass is 10.1. The maximum atomic E-state index is 5.64. The van der Waals surface area contributed by atoms with E-state index in [1.165, 1.54) is 0 Å². The molecule has 0 spiro atoms. The molecule has 0 aromatic carbocycles. The first-order valence-electron chi connectivity index (χ1n) is 8.42. The zero-order valence-corrected chi connectivity index (χ0v) is 16.1. The van der Waals surface area contributed by atoms with Crippen molar-refractivity contribution in [2.45, 2.75) is 84.8 Å². The van der Waals surface area contributed by atoms with E-state index in [0.717, 1.165) is 32.5 Å². The molecule has 1 saturated heterocycles. The Morgan fingerprint density at radius 2 is 1.62 bits per heavy atom. The van der Waals surface area contributed by atoms with Gasteiger partial charge >= 0.3 is 0 Å². The molecule has 1 aliphatic rings. The highest BCUT2D eigenvalue weighted by atomic mass is 28.3. The molecule has 0 amide bonds. The quantitative estimate of drug-likeness (QED) is 0.491. The second-order valence-corrected chi connectivity index (χ2v) is 11.5. The van der Waals surface area contributed by atoms with E-state index in [4.69, 9.17) is 9.47 Å². The fourth-order valence-electron chi connectivity index (χ4n) is 3.63. The molecule has 21 heavy (non-hydrogen) atoms. The monoisotopic (exact) mass is 313 g/mol. The van der Waals surface area contributed by atoms with Crippen LogP contribution in [0.15, 0.2) is 11.8 Å². The van der Waals surface area contributed by atoms with Gasteiger partial charge in [-0.1, -0.05) is 52.6 Å². The third kappa shape index (κ3) is 5.85. The van der Waals surface area contributed by atoms with Crippen LogP contribution >= 0.6 is 0 Å². The van der Waals surface area contributed by atoms with Crippen LogP contribution in [0.5, 0.6) is 0 Å². The minimum atomic E-state index is -1.47. The van der Waals surface area contributed by atoms with E-state index < -0.39 is 8.24 Å². The lowest BCUT2D eigenvalue weighted by molar-refractivity contribution is -0.147. The SMILES string of the molecule is CC(C)N(C(C)C)[Si](C)(C)/C=C/CCCC1(C)OCCO1. The van der Waals surface area contributed by atoms with E-state index in [2.05, 4.69) is 64.1 Å². The third-order valence-electron chi connectivity index (χ3n) is 4.20. The van der Waals surface area contributed by atoms with Gasteiger partial charge in [-0.25, -0.2) is 0 Å². The number of unbranched alkanes of at least 4 members (excludes halogenated alkanes) is 1. The van der Waals surface area contributed by atoms with Crippen molar-refractivity contribution in [3.8, 4) is 0 Å². The van der Waals surface area contributed by atoms with Crippen molar-refractivity contribution in [3.05, 3.63) is 11.8 Å². The van der Waals surface area contributed by atoms with Crippen LogP contribution in [0, 0.1) is 0 Å². The van der Waals surface area contributed by atoms with Crippen LogP contribution in [0.3, 0.4) is 0 Å². The van der Waals surface area contributed by atoms with E-state index in [0.29, 0.717) is 12.1 Å². The van der Waals surface area contributed by atoms with Gasteiger partial charge in [-0.15, -0.1) is 0 Å². The van der Waals surface area contributed by atoms with E-state index in [1.807, 2.05) is 0 Å². The molecular weight excluding hydrogens is 278 g/mol. The summed E-state index contributed by atoms with van der Waals surface area (Å²) in [4.78, 5) is 0. The number of rotatable bonds is 8. The predicted octanol–water partition coefficient (Wildman–Crippen LogP) is 4.34. The average Bonchev–Trinajstić information content (AvgIpc) is 2.74. The Morgan fingerprint density at radius 1 is 1.10 bits per heavy atom. The number of nitrogens with zero attached hydrogens (tertiary/aromatic N) is 1. The topological polar surface area (TPSA) is 21.7 Å². The number of hydrogen-bond donors (Lipinski definition) is 0. The summed E-state index contributed by atoms with van der Waals surface area (Å²) >= 11 is 0. The first-order chi connectivity index (χ1) is 9.68. The van der Waals surface area contributed by atoms with Crippen molar-refractivity contribution in [2.24, 2.45) is 0 Å². The normalized spacial score (nSPS) is 19.5. The Bertz CT molecular complexity index is 326. The standard InChI is InChI=1S/C17H35NO2Si/c1-15(2)18(16(3)4)21(6,7)14-10-8-9-11-17(5)19-12-13-20-17/h10,14-16H,8-9,11-13H2,1-7H3/b14-10+. The van der Waals surface area contributed by atoms with Crippen molar-refractivity contribution in [1.82, 2.24) is 4.57 Å². The largest absolute Gasteiger partial charge is 0.348 e. The van der Waals surface area contributed by atoms with Gasteiger partial charge in [-0.05, 0) is 31.8 Å². The van der Waals surface area contributed by atoms with Crippen molar-refractivity contribution in [2.75, 3.05) is 13.2 Å². The second-order valence-electron chi connectivity index (χ2n) is 7.37. The van der Waals surface area contributed by atoms with Gasteiger partial charge in [-0.3, -0.25) is 0 Å². The van der Waals surface area contributed by atoms with Gasteiger partial charge in [0.2, 0.25) is 0 Å². The van der Waals surface area contributed by atoms with Crippen molar-refractivity contribution < 1.29 is 9.47 Å². The molecule has 0 unspecified atom stereocenters. The van der Waals surface area contributed by atoms with Crippen molar-refractivity contribution >= 4 is 8.24 Å². The van der Waals surface area contributed by atoms with Gasteiger partial charge in [0, 0.05) is 6.42 Å². The lowest BCUT2D eigenvalue weighted by Crippen LogP contribution is -2.54. The zero-order chi connectivity index (χ0) is 16.1. The van der Waals surface area contributed by atoms with Gasteiger partial charge in [0.1, 0.15) is 8.24 Å². The molecule has 1 aliphatic heterocycles. The van der Waals surface area contributed by atoms with Crippen LogP contribution < -0.4 is 0 Å². The molecule has 1 fully saturated rings. The Morgan fingerprint density at radius 3 is 2.10 bits per heavy atom. The minimum absolute atomic E-state index is 0.331. The molecule has 0 aromatic rings. The number of hydrogen-bond acceptors (Lipinski definition) is 3.